The second-order valence-electron chi connectivity index (χ2n) is 5.61. The smallest absolute Gasteiger partial charge is 0.224 e. The zero-order chi connectivity index (χ0) is 14.4. The van der Waals surface area contributed by atoms with E-state index in [9.17, 15) is 4.79 Å². The van der Waals surface area contributed by atoms with Gasteiger partial charge < -0.3 is 10.1 Å². The summed E-state index contributed by atoms with van der Waals surface area (Å²) in [6.07, 6.45) is 5.02. The van der Waals surface area contributed by atoms with Crippen molar-refractivity contribution < 1.29 is 9.53 Å². The third-order valence-corrected chi connectivity index (χ3v) is 4.72. The predicted molar refractivity (Wildman–Crippen MR) is 81.3 cm³/mol. The summed E-state index contributed by atoms with van der Waals surface area (Å²) in [6.45, 7) is 0.685. The highest BCUT2D eigenvalue weighted by atomic mass is 35.5. The molecule has 1 aromatic rings. The van der Waals surface area contributed by atoms with E-state index in [2.05, 4.69) is 5.32 Å². The summed E-state index contributed by atoms with van der Waals surface area (Å²) in [7, 11) is 1.62. The van der Waals surface area contributed by atoms with Gasteiger partial charge in [-0.3, -0.25) is 4.79 Å². The summed E-state index contributed by atoms with van der Waals surface area (Å²) in [5.74, 6) is 1.42. The zero-order valence-corrected chi connectivity index (χ0v) is 12.7. The number of benzene rings is 1. The Balaban J connectivity index is 1.89. The van der Waals surface area contributed by atoms with Crippen LogP contribution in [0.4, 0.5) is 0 Å². The summed E-state index contributed by atoms with van der Waals surface area (Å²) >= 11 is 6.08. The lowest BCUT2D eigenvalue weighted by molar-refractivity contribution is -0.120. The largest absolute Gasteiger partial charge is 0.496 e. The molecule has 1 aromatic carbocycles. The Kier molecular flexibility index (Phi) is 5.30. The molecule has 1 aliphatic rings. The van der Waals surface area contributed by atoms with Gasteiger partial charge in [-0.25, -0.2) is 0 Å². The molecule has 1 N–H and O–H groups in total. The molecule has 110 valence electrons. The Labute approximate surface area is 125 Å². The molecule has 0 radical (unpaired) electrons. The van der Waals surface area contributed by atoms with Gasteiger partial charge >= 0.3 is 0 Å². The average molecular weight is 296 g/mol. The molecule has 1 saturated carbocycles. The summed E-state index contributed by atoms with van der Waals surface area (Å²) in [5.41, 5.74) is 1.02. The number of nitrogens with one attached hydrogen (secondary N) is 1. The van der Waals surface area contributed by atoms with E-state index in [4.69, 9.17) is 16.3 Å². The third-order valence-electron chi connectivity index (χ3n) is 4.15. The third kappa shape index (κ3) is 3.66. The van der Waals surface area contributed by atoms with Crippen LogP contribution in [-0.2, 0) is 11.2 Å². The number of amides is 1. The second-order valence-corrected chi connectivity index (χ2v) is 5.87. The van der Waals surface area contributed by atoms with Crippen LogP contribution in [0.15, 0.2) is 24.3 Å². The Bertz CT molecular complexity index is 456. The van der Waals surface area contributed by atoms with Crippen LogP contribution in [0.3, 0.4) is 0 Å². The van der Waals surface area contributed by atoms with E-state index in [1.807, 2.05) is 24.3 Å². The van der Waals surface area contributed by atoms with Gasteiger partial charge in [0.2, 0.25) is 5.91 Å². The molecule has 1 amide bonds. The van der Waals surface area contributed by atoms with Crippen LogP contribution in [0.1, 0.15) is 31.2 Å². The number of alkyl halides is 1. The molecule has 0 aliphatic heterocycles. The van der Waals surface area contributed by atoms with Crippen molar-refractivity contribution in [3.8, 4) is 5.75 Å². The average Bonchev–Trinajstić information content (AvgIpc) is 2.95. The minimum Gasteiger partial charge on any atom is -0.496 e. The fourth-order valence-corrected chi connectivity index (χ4v) is 3.21. The van der Waals surface area contributed by atoms with Crippen LogP contribution in [0, 0.1) is 5.41 Å². The molecular weight excluding hydrogens is 274 g/mol. The maximum atomic E-state index is 12.1. The number of carbonyl (C=O) groups is 1. The lowest BCUT2D eigenvalue weighted by atomic mass is 9.88. The molecule has 2 rings (SSSR count). The van der Waals surface area contributed by atoms with Gasteiger partial charge in [-0.1, -0.05) is 31.0 Å². The second kappa shape index (κ2) is 6.98. The molecule has 0 saturated heterocycles. The quantitative estimate of drug-likeness (QED) is 0.819. The van der Waals surface area contributed by atoms with Gasteiger partial charge in [0.05, 0.1) is 13.5 Å². The maximum Gasteiger partial charge on any atom is 0.224 e. The standard InChI is InChI=1S/C16H22ClNO2/c1-20-14-7-3-2-6-13(14)10-15(19)18-12-16(11-17)8-4-5-9-16/h2-3,6-7H,4-5,8-12H2,1H3,(H,18,19). The monoisotopic (exact) mass is 295 g/mol. The molecule has 0 atom stereocenters. The first-order chi connectivity index (χ1) is 9.69. The number of para-hydroxylation sites is 1. The first-order valence-corrected chi connectivity index (χ1v) is 7.67. The highest BCUT2D eigenvalue weighted by Crippen LogP contribution is 2.38. The van der Waals surface area contributed by atoms with Crippen molar-refractivity contribution in [1.82, 2.24) is 5.32 Å². The van der Waals surface area contributed by atoms with Gasteiger partial charge in [0, 0.05) is 23.4 Å². The van der Waals surface area contributed by atoms with Crippen LogP contribution in [0.25, 0.3) is 0 Å². The van der Waals surface area contributed by atoms with Crippen molar-refractivity contribution in [2.45, 2.75) is 32.1 Å². The molecular formula is C16H22ClNO2. The number of hydrogen-bond donors (Lipinski definition) is 1. The van der Waals surface area contributed by atoms with E-state index < -0.39 is 0 Å². The molecule has 0 unspecified atom stereocenters. The van der Waals surface area contributed by atoms with Crippen molar-refractivity contribution in [2.75, 3.05) is 19.5 Å². The molecule has 4 heteroatoms. The Morgan fingerprint density at radius 1 is 1.35 bits per heavy atom. The van der Waals surface area contributed by atoms with Gasteiger partial charge in [0.15, 0.2) is 0 Å². The number of rotatable bonds is 6. The Morgan fingerprint density at radius 2 is 2.05 bits per heavy atom. The molecule has 0 heterocycles. The van der Waals surface area contributed by atoms with Gasteiger partial charge in [-0.15, -0.1) is 11.6 Å². The molecule has 3 nitrogen and oxygen atoms in total. The highest BCUT2D eigenvalue weighted by molar-refractivity contribution is 6.18. The van der Waals surface area contributed by atoms with Crippen LogP contribution in [0.5, 0.6) is 5.75 Å². The fourth-order valence-electron chi connectivity index (χ4n) is 2.85. The van der Waals surface area contributed by atoms with Crippen LogP contribution in [0.2, 0.25) is 0 Å². The van der Waals surface area contributed by atoms with Crippen molar-refractivity contribution in [3.05, 3.63) is 29.8 Å². The van der Waals surface area contributed by atoms with Crippen LogP contribution >= 0.6 is 11.6 Å². The van der Waals surface area contributed by atoms with Crippen molar-refractivity contribution in [3.63, 3.8) is 0 Å². The van der Waals surface area contributed by atoms with Crippen molar-refractivity contribution in [1.29, 1.82) is 0 Å². The molecule has 1 aliphatic carbocycles. The summed E-state index contributed by atoms with van der Waals surface area (Å²) < 4.78 is 5.26. The van der Waals surface area contributed by atoms with E-state index in [0.717, 1.165) is 24.2 Å². The maximum absolute atomic E-state index is 12.1. The number of methoxy groups -OCH3 is 1. The van der Waals surface area contributed by atoms with Gasteiger partial charge in [-0.05, 0) is 18.9 Å². The fraction of sp³-hybridized carbons (Fsp3) is 0.562. The van der Waals surface area contributed by atoms with Crippen molar-refractivity contribution >= 4 is 17.5 Å². The molecule has 20 heavy (non-hydrogen) atoms. The highest BCUT2D eigenvalue weighted by Gasteiger charge is 2.33. The van der Waals surface area contributed by atoms with Gasteiger partial charge in [0.1, 0.15) is 5.75 Å². The number of halogens is 1. The van der Waals surface area contributed by atoms with Crippen molar-refractivity contribution in [2.24, 2.45) is 5.41 Å². The van der Waals surface area contributed by atoms with Crippen LogP contribution in [-0.4, -0.2) is 25.4 Å². The number of carbonyl (C=O) groups excluding carboxylic acids is 1. The summed E-state index contributed by atoms with van der Waals surface area (Å²) in [5, 5.41) is 3.04. The Hall–Kier alpha value is -1.22. The van der Waals surface area contributed by atoms with Gasteiger partial charge in [0.25, 0.3) is 0 Å². The minimum absolute atomic E-state index is 0.0332. The Morgan fingerprint density at radius 3 is 2.70 bits per heavy atom. The molecule has 0 spiro atoms. The van der Waals surface area contributed by atoms with E-state index in [0.29, 0.717) is 18.8 Å². The van der Waals surface area contributed by atoms with E-state index in [1.165, 1.54) is 12.8 Å². The van der Waals surface area contributed by atoms with E-state index in [-0.39, 0.29) is 11.3 Å². The SMILES string of the molecule is COc1ccccc1CC(=O)NCC1(CCl)CCCC1. The number of ether oxygens (including phenoxy) is 1. The zero-order valence-electron chi connectivity index (χ0n) is 12.0. The first-order valence-electron chi connectivity index (χ1n) is 7.14. The van der Waals surface area contributed by atoms with E-state index >= 15 is 0 Å². The van der Waals surface area contributed by atoms with E-state index in [1.54, 1.807) is 7.11 Å². The van der Waals surface area contributed by atoms with Gasteiger partial charge in [-0.2, -0.15) is 0 Å². The first kappa shape index (κ1) is 15.2. The lowest BCUT2D eigenvalue weighted by Gasteiger charge is -2.26. The molecule has 0 bridgehead atoms. The topological polar surface area (TPSA) is 38.3 Å². The minimum atomic E-state index is 0.0332. The van der Waals surface area contributed by atoms with Crippen LogP contribution < -0.4 is 10.1 Å². The lowest BCUT2D eigenvalue weighted by Crippen LogP contribution is -2.37. The summed E-state index contributed by atoms with van der Waals surface area (Å²) in [4.78, 5) is 12.1. The normalized spacial score (nSPS) is 16.9. The molecule has 1 fully saturated rings. The molecule has 0 aromatic heterocycles. The predicted octanol–water partition coefficient (Wildman–Crippen LogP) is 3.15. The number of hydrogen-bond acceptors (Lipinski definition) is 2. The summed E-state index contributed by atoms with van der Waals surface area (Å²) in [6, 6.07) is 7.62.